The molecule has 0 aromatic rings. The van der Waals surface area contributed by atoms with Gasteiger partial charge in [-0.1, -0.05) is 0 Å². The molecule has 0 rings (SSSR count). The van der Waals surface area contributed by atoms with Crippen LogP contribution in [-0.2, 0) is 25.8 Å². The summed E-state index contributed by atoms with van der Waals surface area (Å²) < 4.78 is 0. The van der Waals surface area contributed by atoms with Gasteiger partial charge < -0.3 is 15.1 Å². The van der Waals surface area contributed by atoms with Crippen molar-refractivity contribution < 1.29 is 76.5 Å². The van der Waals surface area contributed by atoms with Crippen LogP contribution >= 0.6 is 0 Å². The van der Waals surface area contributed by atoms with Crippen LogP contribution in [0.3, 0.4) is 0 Å². The zero-order valence-corrected chi connectivity index (χ0v) is 8.39. The van der Waals surface area contributed by atoms with Crippen molar-refractivity contribution in [2.24, 2.45) is 0 Å². The molecule has 0 atom stereocenters. The molecule has 0 aliphatic rings. The second kappa shape index (κ2) is 10.1. The van der Waals surface area contributed by atoms with E-state index in [0.717, 1.165) is 0 Å². The Labute approximate surface area is 82.7 Å². The number of hydrogen-bond acceptors (Lipinski definition) is 3. The minimum absolute atomic E-state index is 0. The van der Waals surface area contributed by atoms with Gasteiger partial charge in [0.25, 0.3) is 0 Å². The van der Waals surface area contributed by atoms with Crippen molar-refractivity contribution in [3.63, 3.8) is 0 Å². The van der Waals surface area contributed by atoms with Crippen molar-refractivity contribution >= 4 is 7.32 Å². The maximum Gasteiger partial charge on any atom is 3.00 e. The molecule has 0 amide bonds. The van der Waals surface area contributed by atoms with Gasteiger partial charge in [0, 0.05) is 0 Å². The fourth-order valence-electron chi connectivity index (χ4n) is 0. The topological polar surface area (TPSA) is 69.2 Å². The first kappa shape index (κ1) is 15.7. The standard InChI is InChI=1S/BO3.La.Sc/c2-1(3)4;;/q-3;2*+3. The van der Waals surface area contributed by atoms with Crippen LogP contribution in [0.25, 0.3) is 0 Å². The van der Waals surface area contributed by atoms with Crippen LogP contribution in [0.5, 0.6) is 0 Å². The van der Waals surface area contributed by atoms with E-state index in [4.69, 9.17) is 15.1 Å². The molecular weight excluding hydrogens is 243 g/mol. The zero-order chi connectivity index (χ0) is 3.58. The van der Waals surface area contributed by atoms with E-state index in [1.54, 1.807) is 0 Å². The summed E-state index contributed by atoms with van der Waals surface area (Å²) in [5, 5.41) is 25.2. The van der Waals surface area contributed by atoms with Crippen molar-refractivity contribution in [2.75, 3.05) is 0 Å². The van der Waals surface area contributed by atoms with Gasteiger partial charge in [-0.25, -0.2) is 0 Å². The molecule has 24 valence electrons. The Kier molecular flexibility index (Phi) is 26.4. The van der Waals surface area contributed by atoms with Crippen LogP contribution in [0.15, 0.2) is 0 Å². The third-order valence-corrected chi connectivity index (χ3v) is 0. The van der Waals surface area contributed by atoms with E-state index < -0.39 is 7.32 Å². The average molecular weight is 243 g/mol. The quantitative estimate of drug-likeness (QED) is 0.407. The van der Waals surface area contributed by atoms with Crippen molar-refractivity contribution in [3.05, 3.63) is 0 Å². The first-order valence-electron chi connectivity index (χ1n) is 0.707. The van der Waals surface area contributed by atoms with Gasteiger partial charge in [0.05, 0.1) is 0 Å². The second-order valence-corrected chi connectivity index (χ2v) is 0.289. The molecule has 6 heavy (non-hydrogen) atoms. The smallest absolute Gasteiger partial charge is 0.907 e. The van der Waals surface area contributed by atoms with E-state index >= 15 is 0 Å². The van der Waals surface area contributed by atoms with E-state index in [1.807, 2.05) is 0 Å². The molecule has 0 aliphatic carbocycles. The molecule has 0 unspecified atom stereocenters. The molecular formula is BLaO3Sc+3. The molecule has 0 N–H and O–H groups in total. The summed E-state index contributed by atoms with van der Waals surface area (Å²) in [6.45, 7) is 0. The maximum atomic E-state index is 8.42. The first-order valence-corrected chi connectivity index (χ1v) is 0.707. The van der Waals surface area contributed by atoms with Gasteiger partial charge in [0.2, 0.25) is 0 Å². The van der Waals surface area contributed by atoms with Crippen LogP contribution in [0.2, 0.25) is 0 Å². The third-order valence-electron chi connectivity index (χ3n) is 0. The summed E-state index contributed by atoms with van der Waals surface area (Å²) >= 11 is 0. The summed E-state index contributed by atoms with van der Waals surface area (Å²) in [5.41, 5.74) is 0. The van der Waals surface area contributed by atoms with Crippen molar-refractivity contribution in [2.45, 2.75) is 0 Å². The summed E-state index contributed by atoms with van der Waals surface area (Å²) in [5.74, 6) is 0. The Morgan fingerprint density at radius 2 is 1.00 bits per heavy atom. The van der Waals surface area contributed by atoms with Gasteiger partial charge in [-0.3, -0.25) is 7.32 Å². The Morgan fingerprint density at radius 3 is 1.00 bits per heavy atom. The minimum atomic E-state index is -2.92. The normalized spacial score (nSPS) is 4.50. The fourth-order valence-corrected chi connectivity index (χ4v) is 0. The molecule has 0 radical (unpaired) electrons. The molecule has 0 spiro atoms. The second-order valence-electron chi connectivity index (χ2n) is 0.289. The van der Waals surface area contributed by atoms with Gasteiger partial charge in [0.1, 0.15) is 0 Å². The van der Waals surface area contributed by atoms with Crippen molar-refractivity contribution in [1.82, 2.24) is 0 Å². The van der Waals surface area contributed by atoms with E-state index in [1.165, 1.54) is 0 Å². The Bertz CT molecular complexity index is 15.5. The van der Waals surface area contributed by atoms with Crippen molar-refractivity contribution in [3.8, 4) is 0 Å². The van der Waals surface area contributed by atoms with Gasteiger partial charge in [-0.15, -0.1) is 0 Å². The molecule has 0 aromatic heterocycles. The number of hydrogen-bond donors (Lipinski definition) is 0. The first-order chi connectivity index (χ1) is 1.73. The Balaban J connectivity index is -0.0000000450. The summed E-state index contributed by atoms with van der Waals surface area (Å²) in [6, 6.07) is 0. The molecule has 6 heteroatoms. The minimum Gasteiger partial charge on any atom is -0.907 e. The average Bonchev–Trinajstić information content (AvgIpc) is 0.811. The van der Waals surface area contributed by atoms with Crippen LogP contribution in [0.1, 0.15) is 0 Å². The maximum absolute atomic E-state index is 8.42. The van der Waals surface area contributed by atoms with Gasteiger partial charge >= 0.3 is 61.4 Å². The third kappa shape index (κ3) is 37.3. The predicted octanol–water partition coefficient (Wildman–Crippen LogP) is -3.95. The zero-order valence-electron chi connectivity index (χ0n) is 2.96. The predicted molar refractivity (Wildman–Crippen MR) is 5.75 cm³/mol. The van der Waals surface area contributed by atoms with E-state index in [0.29, 0.717) is 0 Å². The molecule has 0 heterocycles. The van der Waals surface area contributed by atoms with E-state index in [2.05, 4.69) is 0 Å². The molecule has 0 aromatic carbocycles. The van der Waals surface area contributed by atoms with Crippen molar-refractivity contribution in [1.29, 1.82) is 0 Å². The van der Waals surface area contributed by atoms with Crippen LogP contribution < -0.4 is 15.1 Å². The molecule has 0 aliphatic heterocycles. The van der Waals surface area contributed by atoms with Crippen LogP contribution in [0, 0.1) is 35.6 Å². The molecule has 0 saturated heterocycles. The molecule has 0 fully saturated rings. The van der Waals surface area contributed by atoms with Gasteiger partial charge in [-0.05, 0) is 0 Å². The largest absolute Gasteiger partial charge is 3.00 e. The summed E-state index contributed by atoms with van der Waals surface area (Å²) in [6.07, 6.45) is 0. The monoisotopic (exact) mass is 243 g/mol. The number of rotatable bonds is 0. The molecule has 0 bridgehead atoms. The Morgan fingerprint density at radius 1 is 1.00 bits per heavy atom. The van der Waals surface area contributed by atoms with Crippen LogP contribution in [0.4, 0.5) is 0 Å². The Hall–Kier alpha value is 2.01. The fraction of sp³-hybridized carbons (Fsp3) is 0. The summed E-state index contributed by atoms with van der Waals surface area (Å²) in [4.78, 5) is 0. The summed E-state index contributed by atoms with van der Waals surface area (Å²) in [7, 11) is -2.92. The molecule has 3 nitrogen and oxygen atoms in total. The van der Waals surface area contributed by atoms with Gasteiger partial charge in [0.15, 0.2) is 0 Å². The SMILES string of the molecule is [La+3].[O-]B([O-])[O-].[Sc+3]. The van der Waals surface area contributed by atoms with Crippen LogP contribution in [-0.4, -0.2) is 7.32 Å². The van der Waals surface area contributed by atoms with E-state index in [-0.39, 0.29) is 61.4 Å². The molecule has 0 saturated carbocycles. The van der Waals surface area contributed by atoms with Gasteiger partial charge in [-0.2, -0.15) is 0 Å². The van der Waals surface area contributed by atoms with E-state index in [9.17, 15) is 0 Å².